The molecule has 0 rings (SSSR count). The van der Waals surface area contributed by atoms with Gasteiger partial charge in [-0.15, -0.1) is 0 Å². The van der Waals surface area contributed by atoms with Crippen LogP contribution in [0.1, 0.15) is 26.2 Å². The Kier molecular flexibility index (Phi) is 5.66. The highest BCUT2D eigenvalue weighted by Crippen LogP contribution is 1.95. The first-order valence-electron chi connectivity index (χ1n) is 3.87. The molecule has 0 atom stereocenters. The molecule has 0 aliphatic rings. The summed E-state index contributed by atoms with van der Waals surface area (Å²) in [5, 5.41) is 0.759. The van der Waals surface area contributed by atoms with E-state index in [1.54, 1.807) is 6.08 Å². The SMILES string of the molecule is CCCCC=CC=CS(=O)(=O)O. The largest absolute Gasteiger partial charge is 0.287 e. The molecule has 0 spiro atoms. The van der Waals surface area contributed by atoms with Crippen LogP contribution in [0.15, 0.2) is 23.6 Å². The van der Waals surface area contributed by atoms with Crippen molar-refractivity contribution < 1.29 is 13.0 Å². The normalized spacial score (nSPS) is 13.2. The predicted octanol–water partition coefficient (Wildman–Crippen LogP) is 2.13. The Balaban J connectivity index is 3.68. The summed E-state index contributed by atoms with van der Waals surface area (Å²) in [7, 11) is -3.95. The van der Waals surface area contributed by atoms with Gasteiger partial charge in [0.1, 0.15) is 0 Å². The molecule has 0 unspecified atom stereocenters. The van der Waals surface area contributed by atoms with E-state index in [-0.39, 0.29) is 0 Å². The Morgan fingerprint density at radius 1 is 1.33 bits per heavy atom. The summed E-state index contributed by atoms with van der Waals surface area (Å²) in [6, 6.07) is 0. The van der Waals surface area contributed by atoms with Crippen molar-refractivity contribution in [2.45, 2.75) is 26.2 Å². The number of allylic oxidation sites excluding steroid dienone is 3. The van der Waals surface area contributed by atoms with E-state index < -0.39 is 10.1 Å². The van der Waals surface area contributed by atoms with Gasteiger partial charge in [-0.3, -0.25) is 4.55 Å². The molecule has 0 aliphatic heterocycles. The van der Waals surface area contributed by atoms with Crippen molar-refractivity contribution in [3.63, 3.8) is 0 Å². The van der Waals surface area contributed by atoms with E-state index in [9.17, 15) is 8.42 Å². The minimum Gasteiger partial charge on any atom is -0.282 e. The second kappa shape index (κ2) is 5.97. The van der Waals surface area contributed by atoms with Gasteiger partial charge >= 0.3 is 0 Å². The summed E-state index contributed by atoms with van der Waals surface area (Å²) in [4.78, 5) is 0. The van der Waals surface area contributed by atoms with Gasteiger partial charge in [-0.05, 0) is 12.5 Å². The lowest BCUT2D eigenvalue weighted by molar-refractivity contribution is 0.494. The van der Waals surface area contributed by atoms with Gasteiger partial charge in [0.05, 0.1) is 5.41 Å². The molecule has 0 heterocycles. The summed E-state index contributed by atoms with van der Waals surface area (Å²) in [5.41, 5.74) is 0. The van der Waals surface area contributed by atoms with Gasteiger partial charge in [-0.1, -0.05) is 31.9 Å². The van der Waals surface area contributed by atoms with Gasteiger partial charge in [0, 0.05) is 0 Å². The van der Waals surface area contributed by atoms with Crippen LogP contribution in [-0.4, -0.2) is 13.0 Å². The van der Waals surface area contributed by atoms with Gasteiger partial charge in [-0.25, -0.2) is 0 Å². The van der Waals surface area contributed by atoms with Crippen molar-refractivity contribution in [1.82, 2.24) is 0 Å². The van der Waals surface area contributed by atoms with Crippen molar-refractivity contribution >= 4 is 10.1 Å². The first-order valence-corrected chi connectivity index (χ1v) is 5.37. The van der Waals surface area contributed by atoms with Crippen molar-refractivity contribution in [3.05, 3.63) is 23.6 Å². The van der Waals surface area contributed by atoms with Gasteiger partial charge < -0.3 is 0 Å². The van der Waals surface area contributed by atoms with Gasteiger partial charge in [-0.2, -0.15) is 8.42 Å². The van der Waals surface area contributed by atoms with Crippen LogP contribution in [0.3, 0.4) is 0 Å². The van der Waals surface area contributed by atoms with E-state index in [2.05, 4.69) is 6.92 Å². The van der Waals surface area contributed by atoms with E-state index in [0.717, 1.165) is 24.7 Å². The first kappa shape index (κ1) is 11.4. The topological polar surface area (TPSA) is 54.4 Å². The molecule has 0 radical (unpaired) electrons. The zero-order valence-corrected chi connectivity index (χ0v) is 7.92. The number of hydrogen-bond donors (Lipinski definition) is 1. The second-order valence-electron chi connectivity index (χ2n) is 2.41. The molecular formula is C8H14O3S. The maximum atomic E-state index is 10.2. The molecule has 3 nitrogen and oxygen atoms in total. The monoisotopic (exact) mass is 190 g/mol. The highest BCUT2D eigenvalue weighted by Gasteiger charge is 1.91. The Labute approximate surface area is 73.5 Å². The van der Waals surface area contributed by atoms with Crippen LogP contribution < -0.4 is 0 Å². The van der Waals surface area contributed by atoms with Gasteiger partial charge in [0.25, 0.3) is 10.1 Å². The third-order valence-corrected chi connectivity index (χ3v) is 1.72. The summed E-state index contributed by atoms with van der Waals surface area (Å²) in [5.74, 6) is 0. The predicted molar refractivity (Wildman–Crippen MR) is 49.4 cm³/mol. The minimum absolute atomic E-state index is 0.759. The van der Waals surface area contributed by atoms with Crippen LogP contribution in [0, 0.1) is 0 Å². The molecule has 0 amide bonds. The summed E-state index contributed by atoms with van der Waals surface area (Å²) in [6.45, 7) is 2.09. The molecule has 0 aromatic rings. The summed E-state index contributed by atoms with van der Waals surface area (Å²) in [6.07, 6.45) is 7.94. The van der Waals surface area contributed by atoms with Crippen LogP contribution in [0.4, 0.5) is 0 Å². The Bertz CT molecular complexity index is 249. The van der Waals surface area contributed by atoms with E-state index in [4.69, 9.17) is 4.55 Å². The maximum Gasteiger partial charge on any atom is 0.287 e. The van der Waals surface area contributed by atoms with Crippen LogP contribution in [0.25, 0.3) is 0 Å². The highest BCUT2D eigenvalue weighted by atomic mass is 32.2. The quantitative estimate of drug-likeness (QED) is 0.410. The van der Waals surface area contributed by atoms with E-state index >= 15 is 0 Å². The molecule has 0 aromatic carbocycles. The molecule has 12 heavy (non-hydrogen) atoms. The van der Waals surface area contributed by atoms with Crippen LogP contribution >= 0.6 is 0 Å². The molecule has 1 N–H and O–H groups in total. The second-order valence-corrected chi connectivity index (χ2v) is 3.72. The molecule has 0 fully saturated rings. The zero-order valence-electron chi connectivity index (χ0n) is 7.10. The smallest absolute Gasteiger partial charge is 0.282 e. The molecule has 0 aliphatic carbocycles. The Morgan fingerprint density at radius 2 is 2.00 bits per heavy atom. The van der Waals surface area contributed by atoms with Crippen molar-refractivity contribution in [2.24, 2.45) is 0 Å². The fourth-order valence-corrected chi connectivity index (χ4v) is 0.931. The molecular weight excluding hydrogens is 176 g/mol. The van der Waals surface area contributed by atoms with Crippen molar-refractivity contribution in [1.29, 1.82) is 0 Å². The molecule has 0 aromatic heterocycles. The summed E-state index contributed by atoms with van der Waals surface area (Å²) < 4.78 is 28.6. The fourth-order valence-electron chi connectivity index (χ4n) is 0.641. The Hall–Kier alpha value is -0.610. The van der Waals surface area contributed by atoms with E-state index in [0.29, 0.717) is 0 Å². The molecule has 0 saturated heterocycles. The lowest BCUT2D eigenvalue weighted by Crippen LogP contribution is -1.87. The lowest BCUT2D eigenvalue weighted by atomic mass is 10.2. The highest BCUT2D eigenvalue weighted by molar-refractivity contribution is 7.88. The maximum absolute atomic E-state index is 10.2. The fraction of sp³-hybridized carbons (Fsp3) is 0.500. The van der Waals surface area contributed by atoms with E-state index in [1.165, 1.54) is 6.08 Å². The average Bonchev–Trinajstić information content (AvgIpc) is 1.94. The number of unbranched alkanes of at least 4 members (excludes halogenated alkanes) is 2. The van der Waals surface area contributed by atoms with Crippen LogP contribution in [0.2, 0.25) is 0 Å². The Morgan fingerprint density at radius 3 is 2.50 bits per heavy atom. The molecule has 0 saturated carbocycles. The summed E-state index contributed by atoms with van der Waals surface area (Å²) >= 11 is 0. The van der Waals surface area contributed by atoms with E-state index in [1.807, 2.05) is 6.08 Å². The standard InChI is InChI=1S/C8H14O3S/c1-2-3-4-5-6-7-8-12(9,10)11/h5-8H,2-4H2,1H3,(H,9,10,11). The van der Waals surface area contributed by atoms with Crippen molar-refractivity contribution in [3.8, 4) is 0 Å². The third-order valence-electron chi connectivity index (χ3n) is 1.22. The average molecular weight is 190 g/mol. The van der Waals surface area contributed by atoms with Gasteiger partial charge in [0.2, 0.25) is 0 Å². The van der Waals surface area contributed by atoms with Crippen molar-refractivity contribution in [2.75, 3.05) is 0 Å². The third kappa shape index (κ3) is 9.39. The van der Waals surface area contributed by atoms with Crippen LogP contribution in [-0.2, 0) is 10.1 Å². The molecule has 4 heteroatoms. The molecule has 0 bridgehead atoms. The van der Waals surface area contributed by atoms with Gasteiger partial charge in [0.15, 0.2) is 0 Å². The zero-order chi connectivity index (χ0) is 9.45. The minimum atomic E-state index is -3.95. The van der Waals surface area contributed by atoms with Crippen LogP contribution in [0.5, 0.6) is 0 Å². The molecule has 70 valence electrons. The lowest BCUT2D eigenvalue weighted by Gasteiger charge is -1.85. The number of rotatable bonds is 5. The first-order chi connectivity index (χ1) is 5.56. The number of hydrogen-bond acceptors (Lipinski definition) is 2.